The van der Waals surface area contributed by atoms with Gasteiger partial charge in [0.25, 0.3) is 5.91 Å². The van der Waals surface area contributed by atoms with E-state index in [1.54, 1.807) is 13.8 Å². The first-order chi connectivity index (χ1) is 13.6. The van der Waals surface area contributed by atoms with E-state index >= 15 is 0 Å². The second-order valence-corrected chi connectivity index (χ2v) is 7.94. The van der Waals surface area contributed by atoms with Crippen LogP contribution in [0, 0.1) is 18.6 Å². The number of likely N-dealkylation sites (N-methyl/N-ethyl adjacent to an activating group) is 1. The molecule has 29 heavy (non-hydrogen) atoms. The van der Waals surface area contributed by atoms with Crippen molar-refractivity contribution in [2.24, 2.45) is 0 Å². The summed E-state index contributed by atoms with van der Waals surface area (Å²) in [6, 6.07) is 5.54. The summed E-state index contributed by atoms with van der Waals surface area (Å²) >= 11 is 0. The molecule has 0 fully saturated rings. The Labute approximate surface area is 167 Å². The van der Waals surface area contributed by atoms with Crippen LogP contribution >= 0.6 is 0 Å². The number of aryl methyl sites for hydroxylation is 1. The lowest BCUT2D eigenvalue weighted by atomic mass is 10.0. The minimum atomic E-state index is -3.80. The number of nitrogens with one attached hydrogen (secondary N) is 3. The van der Waals surface area contributed by atoms with E-state index in [9.17, 15) is 26.8 Å². The smallest absolute Gasteiger partial charge is 0.252 e. The molecule has 0 aliphatic carbocycles. The first kappa shape index (κ1) is 22.4. The summed E-state index contributed by atoms with van der Waals surface area (Å²) in [4.78, 5) is 24.9. The van der Waals surface area contributed by atoms with Crippen LogP contribution in [-0.2, 0) is 14.8 Å². The summed E-state index contributed by atoms with van der Waals surface area (Å²) in [6.45, 7) is 3.40. The lowest BCUT2D eigenvalue weighted by Crippen LogP contribution is -2.39. The van der Waals surface area contributed by atoms with Crippen molar-refractivity contribution in [3.05, 3.63) is 64.7 Å². The van der Waals surface area contributed by atoms with Crippen molar-refractivity contribution in [2.45, 2.75) is 24.8 Å². The Balaban J connectivity index is 2.41. The molecule has 7 nitrogen and oxygen atoms in total. The van der Waals surface area contributed by atoms with E-state index in [1.165, 1.54) is 31.3 Å². The van der Waals surface area contributed by atoms with Gasteiger partial charge in [-0.05, 0) is 42.3 Å². The molecule has 2 amide bonds. The summed E-state index contributed by atoms with van der Waals surface area (Å²) in [5.74, 6) is -3.65. The van der Waals surface area contributed by atoms with Gasteiger partial charge in [-0.25, -0.2) is 21.9 Å². The molecule has 0 bridgehead atoms. The molecule has 1 unspecified atom stereocenters. The molecule has 10 heteroatoms. The van der Waals surface area contributed by atoms with Crippen molar-refractivity contribution >= 4 is 21.8 Å². The van der Waals surface area contributed by atoms with E-state index in [0.29, 0.717) is 5.56 Å². The van der Waals surface area contributed by atoms with Gasteiger partial charge in [0.1, 0.15) is 6.04 Å². The van der Waals surface area contributed by atoms with Crippen molar-refractivity contribution < 1.29 is 26.8 Å². The highest BCUT2D eigenvalue weighted by molar-refractivity contribution is 7.89. The van der Waals surface area contributed by atoms with Gasteiger partial charge in [0.05, 0.1) is 4.90 Å². The Morgan fingerprint density at radius 2 is 1.76 bits per heavy atom. The molecule has 1 atom stereocenters. The maximum atomic E-state index is 13.6. The van der Waals surface area contributed by atoms with Crippen LogP contribution in [0.15, 0.2) is 41.3 Å². The van der Waals surface area contributed by atoms with E-state index in [-0.39, 0.29) is 22.6 Å². The highest BCUT2D eigenvalue weighted by Gasteiger charge is 2.25. The largest absolute Gasteiger partial charge is 0.357 e. The minimum absolute atomic E-state index is 0.0282. The number of hydrogen-bond donors (Lipinski definition) is 3. The number of halogens is 2. The van der Waals surface area contributed by atoms with Gasteiger partial charge in [-0.1, -0.05) is 19.1 Å². The van der Waals surface area contributed by atoms with Crippen LogP contribution in [0.4, 0.5) is 8.78 Å². The summed E-state index contributed by atoms with van der Waals surface area (Å²) in [5, 5.41) is 4.79. The molecule has 0 heterocycles. The molecule has 0 radical (unpaired) electrons. The molecule has 0 aliphatic heterocycles. The van der Waals surface area contributed by atoms with Crippen molar-refractivity contribution in [1.82, 2.24) is 15.4 Å². The predicted molar refractivity (Wildman–Crippen MR) is 103 cm³/mol. The molecule has 0 aromatic heterocycles. The van der Waals surface area contributed by atoms with Crippen LogP contribution in [0.2, 0.25) is 0 Å². The van der Waals surface area contributed by atoms with Crippen LogP contribution in [0.5, 0.6) is 0 Å². The predicted octanol–water partition coefficient (Wildman–Crippen LogP) is 1.79. The maximum Gasteiger partial charge on any atom is 0.252 e. The van der Waals surface area contributed by atoms with Crippen LogP contribution in [0.3, 0.4) is 0 Å². The van der Waals surface area contributed by atoms with Crippen LogP contribution in [0.25, 0.3) is 0 Å². The Bertz CT molecular complexity index is 1040. The fourth-order valence-corrected chi connectivity index (χ4v) is 3.70. The van der Waals surface area contributed by atoms with E-state index in [2.05, 4.69) is 15.4 Å². The SMILES string of the molecule is CCNS(=O)(=O)c1ccc(C)c(C(=O)NC(C(=O)NC)c2ccc(F)c(F)c2)c1. The molecule has 0 saturated heterocycles. The van der Waals surface area contributed by atoms with Crippen molar-refractivity contribution in [3.8, 4) is 0 Å². The Morgan fingerprint density at radius 1 is 1.07 bits per heavy atom. The van der Waals surface area contributed by atoms with Gasteiger partial charge >= 0.3 is 0 Å². The van der Waals surface area contributed by atoms with Crippen molar-refractivity contribution in [2.75, 3.05) is 13.6 Å². The van der Waals surface area contributed by atoms with Crippen LogP contribution in [-0.4, -0.2) is 33.8 Å². The number of benzene rings is 2. The zero-order chi connectivity index (χ0) is 21.8. The second kappa shape index (κ2) is 9.10. The summed E-state index contributed by atoms with van der Waals surface area (Å²) < 4.78 is 53.5. The number of carbonyl (C=O) groups excluding carboxylic acids is 2. The topological polar surface area (TPSA) is 104 Å². The van der Waals surface area contributed by atoms with E-state index in [1.807, 2.05) is 0 Å². The van der Waals surface area contributed by atoms with Crippen molar-refractivity contribution in [1.29, 1.82) is 0 Å². The second-order valence-electron chi connectivity index (χ2n) is 6.17. The number of carbonyl (C=O) groups is 2. The fourth-order valence-electron chi connectivity index (χ4n) is 2.63. The molecule has 0 aliphatic rings. The number of rotatable bonds is 7. The first-order valence-corrected chi connectivity index (χ1v) is 10.2. The lowest BCUT2D eigenvalue weighted by Gasteiger charge is -2.19. The molecule has 156 valence electrons. The maximum absolute atomic E-state index is 13.6. The minimum Gasteiger partial charge on any atom is -0.357 e. The number of hydrogen-bond acceptors (Lipinski definition) is 4. The van der Waals surface area contributed by atoms with Crippen LogP contribution < -0.4 is 15.4 Å². The molecule has 2 rings (SSSR count). The molecular weight excluding hydrogens is 404 g/mol. The van der Waals surface area contributed by atoms with Gasteiger partial charge in [-0.2, -0.15) is 0 Å². The van der Waals surface area contributed by atoms with E-state index in [4.69, 9.17) is 0 Å². The summed E-state index contributed by atoms with van der Waals surface area (Å²) in [6.07, 6.45) is 0. The lowest BCUT2D eigenvalue weighted by molar-refractivity contribution is -0.122. The van der Waals surface area contributed by atoms with E-state index < -0.39 is 39.5 Å². The van der Waals surface area contributed by atoms with Gasteiger partial charge in [0.2, 0.25) is 15.9 Å². The monoisotopic (exact) mass is 425 g/mol. The van der Waals surface area contributed by atoms with Gasteiger partial charge in [0, 0.05) is 19.2 Å². The highest BCUT2D eigenvalue weighted by Crippen LogP contribution is 2.20. The molecule has 0 spiro atoms. The van der Waals surface area contributed by atoms with Gasteiger partial charge in [-0.3, -0.25) is 9.59 Å². The average molecular weight is 425 g/mol. The quantitative estimate of drug-likeness (QED) is 0.629. The molecule has 2 aromatic rings. The number of sulfonamides is 1. The standard InChI is InChI=1S/C19H21F2N3O4S/c1-4-23-29(27,28)13-7-5-11(2)14(10-13)18(25)24-17(19(26)22-3)12-6-8-15(20)16(21)9-12/h5-10,17,23H,4H2,1-3H3,(H,22,26)(H,24,25). The average Bonchev–Trinajstić information content (AvgIpc) is 2.67. The van der Waals surface area contributed by atoms with Gasteiger partial charge < -0.3 is 10.6 Å². The Morgan fingerprint density at radius 3 is 2.34 bits per heavy atom. The molecular formula is C19H21F2N3O4S. The zero-order valence-electron chi connectivity index (χ0n) is 16.0. The third-order valence-corrected chi connectivity index (χ3v) is 5.70. The normalized spacial score (nSPS) is 12.3. The fraction of sp³-hybridized carbons (Fsp3) is 0.263. The Kier molecular flexibility index (Phi) is 7.04. The van der Waals surface area contributed by atoms with Crippen LogP contribution in [0.1, 0.15) is 34.5 Å². The number of amides is 2. The summed E-state index contributed by atoms with van der Waals surface area (Å²) in [7, 11) is -2.47. The third kappa shape index (κ3) is 5.15. The van der Waals surface area contributed by atoms with Gasteiger partial charge in [-0.15, -0.1) is 0 Å². The third-order valence-electron chi connectivity index (χ3n) is 4.16. The van der Waals surface area contributed by atoms with Crippen molar-refractivity contribution in [3.63, 3.8) is 0 Å². The first-order valence-electron chi connectivity index (χ1n) is 8.68. The molecule has 3 N–H and O–H groups in total. The van der Waals surface area contributed by atoms with E-state index in [0.717, 1.165) is 12.1 Å². The Hall–Kier alpha value is -2.85. The molecule has 0 saturated carbocycles. The zero-order valence-corrected chi connectivity index (χ0v) is 16.9. The summed E-state index contributed by atoms with van der Waals surface area (Å²) in [5.41, 5.74) is 0.532. The highest BCUT2D eigenvalue weighted by atomic mass is 32.2. The van der Waals surface area contributed by atoms with Gasteiger partial charge in [0.15, 0.2) is 11.6 Å². The molecule has 2 aromatic carbocycles.